The molecule has 0 saturated carbocycles. The van der Waals surface area contributed by atoms with Crippen LogP contribution in [0, 0.1) is 0 Å². The molecule has 3 rings (SSSR count). The van der Waals surface area contributed by atoms with Gasteiger partial charge in [-0.15, -0.1) is 10.2 Å². The molecule has 0 unspecified atom stereocenters. The second-order valence-electron chi connectivity index (χ2n) is 4.17. The van der Waals surface area contributed by atoms with Crippen molar-refractivity contribution in [3.05, 3.63) is 52.5 Å². The molecule has 0 saturated heterocycles. The fourth-order valence-electron chi connectivity index (χ4n) is 1.77. The van der Waals surface area contributed by atoms with E-state index >= 15 is 0 Å². The molecule has 0 amide bonds. The van der Waals surface area contributed by atoms with Crippen LogP contribution in [0.4, 0.5) is 0 Å². The van der Waals surface area contributed by atoms with E-state index in [1.54, 1.807) is 18.2 Å². The zero-order chi connectivity index (χ0) is 15.0. The summed E-state index contributed by atoms with van der Waals surface area (Å²) in [5, 5.41) is 7.70. The molecule has 0 radical (unpaired) electrons. The molecule has 0 fully saturated rings. The van der Waals surface area contributed by atoms with Crippen LogP contribution in [0.5, 0.6) is 0 Å². The number of hydrogen-bond acceptors (Lipinski definition) is 5. The van der Waals surface area contributed by atoms with E-state index in [2.05, 4.69) is 15.2 Å². The predicted molar refractivity (Wildman–Crippen MR) is 79.2 cm³/mol. The number of rotatable bonds is 2. The van der Waals surface area contributed by atoms with Gasteiger partial charge in [-0.25, -0.2) is 13.4 Å². The van der Waals surface area contributed by atoms with E-state index in [0.29, 0.717) is 10.5 Å². The van der Waals surface area contributed by atoms with Gasteiger partial charge in [0, 0.05) is 5.02 Å². The molecular formula is C13H7Cl2N3O2S. The Kier molecular flexibility index (Phi) is 3.52. The summed E-state index contributed by atoms with van der Waals surface area (Å²) in [5.41, 5.74) is 0.574. The van der Waals surface area contributed by atoms with E-state index in [4.69, 9.17) is 23.2 Å². The summed E-state index contributed by atoms with van der Waals surface area (Å²) < 4.78 is 24.8. The Morgan fingerprint density at radius 2 is 1.67 bits per heavy atom. The molecule has 8 heteroatoms. The summed E-state index contributed by atoms with van der Waals surface area (Å²) in [6.45, 7) is 0. The normalized spacial score (nSPS) is 11.7. The van der Waals surface area contributed by atoms with Crippen LogP contribution in [0.1, 0.15) is 0 Å². The van der Waals surface area contributed by atoms with Crippen molar-refractivity contribution in [2.75, 3.05) is 0 Å². The summed E-state index contributed by atoms with van der Waals surface area (Å²) in [4.78, 5) is 4.11. The minimum Gasteiger partial charge on any atom is -0.215 e. The highest BCUT2D eigenvalue weighted by Crippen LogP contribution is 2.26. The average molecular weight is 340 g/mol. The van der Waals surface area contributed by atoms with Crippen LogP contribution in [0.2, 0.25) is 10.0 Å². The van der Waals surface area contributed by atoms with Crippen LogP contribution in [-0.4, -0.2) is 23.6 Å². The number of sulfone groups is 1. The first-order chi connectivity index (χ1) is 9.98. The van der Waals surface area contributed by atoms with Crippen molar-refractivity contribution < 1.29 is 8.42 Å². The molecule has 0 N–H and O–H groups in total. The number of nitrogens with zero attached hydrogens (tertiary/aromatic N) is 3. The van der Waals surface area contributed by atoms with E-state index in [9.17, 15) is 8.42 Å². The second kappa shape index (κ2) is 5.22. The topological polar surface area (TPSA) is 72.8 Å². The Labute approximate surface area is 130 Å². The quantitative estimate of drug-likeness (QED) is 0.716. The molecule has 0 aliphatic heterocycles. The molecule has 106 valence electrons. The van der Waals surface area contributed by atoms with Gasteiger partial charge in [-0.2, -0.15) is 0 Å². The van der Waals surface area contributed by atoms with E-state index in [1.807, 2.05) is 0 Å². The Morgan fingerprint density at radius 3 is 2.38 bits per heavy atom. The lowest BCUT2D eigenvalue weighted by Gasteiger charge is -2.04. The lowest BCUT2D eigenvalue weighted by atomic mass is 10.3. The fraction of sp³-hybridized carbons (Fsp3) is 0. The molecule has 3 aromatic rings. The first kappa shape index (κ1) is 14.2. The van der Waals surface area contributed by atoms with Gasteiger partial charge in [0.1, 0.15) is 11.0 Å². The lowest BCUT2D eigenvalue weighted by molar-refractivity contribution is 0.585. The molecule has 1 aromatic heterocycles. The Bertz CT molecular complexity index is 931. The van der Waals surface area contributed by atoms with Gasteiger partial charge in [-0.05, 0) is 24.3 Å². The standard InChI is InChI=1S/C13H7Cl2N3O2S/c14-8-6-10(15)12-11(7-8)17-18-13(16-12)21(19,20)9-4-2-1-3-5-9/h1-7H. The van der Waals surface area contributed by atoms with E-state index in [-0.39, 0.29) is 15.4 Å². The van der Waals surface area contributed by atoms with Crippen molar-refractivity contribution in [2.24, 2.45) is 0 Å². The molecule has 21 heavy (non-hydrogen) atoms. The van der Waals surface area contributed by atoms with Gasteiger partial charge in [-0.1, -0.05) is 41.4 Å². The van der Waals surface area contributed by atoms with Crippen LogP contribution < -0.4 is 0 Å². The highest BCUT2D eigenvalue weighted by Gasteiger charge is 2.22. The SMILES string of the molecule is O=S(=O)(c1ccccc1)c1nnc2cc(Cl)cc(Cl)c2n1. The van der Waals surface area contributed by atoms with E-state index in [0.717, 1.165) is 0 Å². The molecule has 0 aliphatic rings. The minimum absolute atomic E-state index is 0.0937. The number of hydrogen-bond donors (Lipinski definition) is 0. The highest BCUT2D eigenvalue weighted by molar-refractivity contribution is 7.91. The van der Waals surface area contributed by atoms with Crippen LogP contribution in [-0.2, 0) is 9.84 Å². The molecular weight excluding hydrogens is 333 g/mol. The van der Waals surface area contributed by atoms with Gasteiger partial charge in [0.25, 0.3) is 5.16 Å². The summed E-state index contributed by atoms with van der Waals surface area (Å²) in [7, 11) is -3.83. The van der Waals surface area contributed by atoms with E-state index in [1.165, 1.54) is 24.3 Å². The monoisotopic (exact) mass is 339 g/mol. The Balaban J connectivity index is 2.22. The van der Waals surface area contributed by atoms with Gasteiger partial charge >= 0.3 is 0 Å². The fourth-order valence-corrected chi connectivity index (χ4v) is 3.38. The molecule has 2 aromatic carbocycles. The molecule has 0 bridgehead atoms. The van der Waals surface area contributed by atoms with Crippen molar-refractivity contribution in [2.45, 2.75) is 10.1 Å². The Hall–Kier alpha value is -1.76. The third-order valence-electron chi connectivity index (χ3n) is 2.75. The maximum absolute atomic E-state index is 12.4. The van der Waals surface area contributed by atoms with Gasteiger partial charge in [-0.3, -0.25) is 0 Å². The highest BCUT2D eigenvalue weighted by atomic mass is 35.5. The predicted octanol–water partition coefficient (Wildman–Crippen LogP) is 3.16. The van der Waals surface area contributed by atoms with Crippen LogP contribution in [0.15, 0.2) is 52.5 Å². The zero-order valence-electron chi connectivity index (χ0n) is 10.4. The van der Waals surface area contributed by atoms with Crippen molar-refractivity contribution in [1.29, 1.82) is 0 Å². The Morgan fingerprint density at radius 1 is 0.952 bits per heavy atom. The lowest BCUT2D eigenvalue weighted by Crippen LogP contribution is -2.08. The van der Waals surface area contributed by atoms with Gasteiger partial charge in [0.2, 0.25) is 9.84 Å². The minimum atomic E-state index is -3.83. The smallest absolute Gasteiger partial charge is 0.215 e. The maximum Gasteiger partial charge on any atom is 0.272 e. The van der Waals surface area contributed by atoms with Gasteiger partial charge in [0.05, 0.1) is 9.92 Å². The van der Waals surface area contributed by atoms with Crippen LogP contribution >= 0.6 is 23.2 Å². The van der Waals surface area contributed by atoms with E-state index < -0.39 is 15.0 Å². The average Bonchev–Trinajstić information content (AvgIpc) is 2.47. The summed E-state index contributed by atoms with van der Waals surface area (Å²) in [6.07, 6.45) is 0. The molecule has 0 atom stereocenters. The van der Waals surface area contributed by atoms with Gasteiger partial charge in [0.15, 0.2) is 0 Å². The van der Waals surface area contributed by atoms with Crippen molar-refractivity contribution in [3.63, 3.8) is 0 Å². The maximum atomic E-state index is 12.4. The molecule has 5 nitrogen and oxygen atoms in total. The van der Waals surface area contributed by atoms with Crippen LogP contribution in [0.3, 0.4) is 0 Å². The number of aromatic nitrogens is 3. The van der Waals surface area contributed by atoms with Crippen molar-refractivity contribution in [3.8, 4) is 0 Å². The number of fused-ring (bicyclic) bond motifs is 1. The van der Waals surface area contributed by atoms with Crippen molar-refractivity contribution >= 4 is 44.1 Å². The molecule has 0 spiro atoms. The summed E-state index contributed by atoms with van der Waals surface area (Å²) in [6, 6.07) is 10.9. The largest absolute Gasteiger partial charge is 0.272 e. The first-order valence-corrected chi connectivity index (χ1v) is 8.02. The van der Waals surface area contributed by atoms with Crippen molar-refractivity contribution in [1.82, 2.24) is 15.2 Å². The number of benzene rings is 2. The first-order valence-electron chi connectivity index (χ1n) is 5.78. The second-order valence-corrected chi connectivity index (χ2v) is 6.85. The van der Waals surface area contributed by atoms with Crippen LogP contribution in [0.25, 0.3) is 11.0 Å². The zero-order valence-corrected chi connectivity index (χ0v) is 12.7. The molecule has 1 heterocycles. The molecule has 0 aliphatic carbocycles. The summed E-state index contributed by atoms with van der Waals surface area (Å²) >= 11 is 11.9. The third-order valence-corrected chi connectivity index (χ3v) is 4.81. The third kappa shape index (κ3) is 2.57. The summed E-state index contributed by atoms with van der Waals surface area (Å²) in [5.74, 6) is 0. The number of halogens is 2. The van der Waals surface area contributed by atoms with Gasteiger partial charge < -0.3 is 0 Å².